The van der Waals surface area contributed by atoms with Crippen LogP contribution in [0, 0.1) is 0 Å². The van der Waals surface area contributed by atoms with E-state index in [2.05, 4.69) is 14.6 Å². The fourth-order valence-electron chi connectivity index (χ4n) is 1.19. The predicted octanol–water partition coefficient (Wildman–Crippen LogP) is 0.631. The molecule has 0 bridgehead atoms. The second-order valence-electron chi connectivity index (χ2n) is 2.75. The van der Waals surface area contributed by atoms with Crippen molar-refractivity contribution in [3.05, 3.63) is 29.5 Å². The molecule has 2 aromatic rings. The molecule has 2 rings (SSSR count). The molecule has 7 heteroatoms. The number of halogens is 1. The summed E-state index contributed by atoms with van der Waals surface area (Å²) < 4.78 is 4.66. The summed E-state index contributed by atoms with van der Waals surface area (Å²) in [6, 6.07) is 3.13. The van der Waals surface area contributed by atoms with Crippen LogP contribution in [0.15, 0.2) is 24.5 Å². The fraction of sp³-hybridized carbons (Fsp3) is 0. The van der Waals surface area contributed by atoms with E-state index in [0.717, 1.165) is 0 Å². The van der Waals surface area contributed by atoms with Gasteiger partial charge < -0.3 is 14.7 Å². The van der Waals surface area contributed by atoms with Crippen LogP contribution in [-0.4, -0.2) is 27.3 Å². The topological polar surface area (TPSA) is 75.5 Å². The van der Waals surface area contributed by atoms with Gasteiger partial charge in [0.1, 0.15) is 16.3 Å². The Hall–Kier alpha value is -1.37. The van der Waals surface area contributed by atoms with Crippen LogP contribution >= 0.6 is 11.6 Å². The van der Waals surface area contributed by atoms with Crippen molar-refractivity contribution in [1.29, 1.82) is 0 Å². The summed E-state index contributed by atoms with van der Waals surface area (Å²) >= 11 is 5.94. The highest BCUT2D eigenvalue weighted by Crippen LogP contribution is 2.30. The summed E-state index contributed by atoms with van der Waals surface area (Å²) in [6.45, 7) is 0. The van der Waals surface area contributed by atoms with Crippen molar-refractivity contribution in [2.75, 3.05) is 0 Å². The van der Waals surface area contributed by atoms with E-state index < -0.39 is 7.32 Å². The van der Waals surface area contributed by atoms with Crippen molar-refractivity contribution in [3.63, 3.8) is 0 Å². The van der Waals surface area contributed by atoms with Gasteiger partial charge in [0.25, 0.3) is 0 Å². The van der Waals surface area contributed by atoms with E-state index in [1.807, 2.05) is 0 Å². The van der Waals surface area contributed by atoms with Gasteiger partial charge in [-0.3, -0.25) is 9.97 Å². The number of nitrogens with zero attached hydrogens (tertiary/aromatic N) is 2. The first-order valence-corrected chi connectivity index (χ1v) is 4.48. The predicted molar refractivity (Wildman–Crippen MR) is 55.4 cm³/mol. The van der Waals surface area contributed by atoms with Crippen molar-refractivity contribution < 1.29 is 14.7 Å². The molecule has 0 unspecified atom stereocenters. The standard InChI is InChI=1S/C8H6BClN2O3/c10-7-6(15-9(13)14)2-1-5-8(7)12-4-3-11-5/h1-4,13-14H. The van der Waals surface area contributed by atoms with E-state index in [9.17, 15) is 0 Å². The van der Waals surface area contributed by atoms with Crippen molar-refractivity contribution >= 4 is 30.0 Å². The summed E-state index contributed by atoms with van der Waals surface area (Å²) in [5, 5.41) is 17.5. The maximum atomic E-state index is 8.64. The van der Waals surface area contributed by atoms with Crippen LogP contribution in [0.3, 0.4) is 0 Å². The van der Waals surface area contributed by atoms with Crippen molar-refractivity contribution in [1.82, 2.24) is 9.97 Å². The monoisotopic (exact) mass is 224 g/mol. The molecule has 0 aliphatic rings. The minimum Gasteiger partial charge on any atom is -0.511 e. The molecule has 0 saturated heterocycles. The maximum Gasteiger partial charge on any atom is 0.707 e. The molecule has 1 aromatic carbocycles. The molecule has 5 nitrogen and oxygen atoms in total. The molecule has 0 fully saturated rings. The van der Waals surface area contributed by atoms with E-state index in [4.69, 9.17) is 21.6 Å². The maximum absolute atomic E-state index is 8.64. The van der Waals surface area contributed by atoms with Gasteiger partial charge in [-0.05, 0) is 12.1 Å². The average molecular weight is 224 g/mol. The number of hydrogen-bond donors (Lipinski definition) is 2. The average Bonchev–Trinajstić information content (AvgIpc) is 2.22. The molecule has 15 heavy (non-hydrogen) atoms. The quantitative estimate of drug-likeness (QED) is 0.732. The Labute approximate surface area is 90.5 Å². The van der Waals surface area contributed by atoms with Gasteiger partial charge in [0, 0.05) is 12.4 Å². The first kappa shape index (κ1) is 10.2. The second-order valence-corrected chi connectivity index (χ2v) is 3.12. The molecule has 0 aliphatic carbocycles. The molecular weight excluding hydrogens is 218 g/mol. The van der Waals surface area contributed by atoms with Crippen LogP contribution < -0.4 is 4.65 Å². The van der Waals surface area contributed by atoms with Crippen molar-refractivity contribution in [3.8, 4) is 5.75 Å². The normalized spacial score (nSPS) is 10.3. The highest BCUT2D eigenvalue weighted by molar-refractivity contribution is 6.38. The lowest BCUT2D eigenvalue weighted by atomic mass is 10.2. The van der Waals surface area contributed by atoms with Gasteiger partial charge >= 0.3 is 7.32 Å². The lowest BCUT2D eigenvalue weighted by Crippen LogP contribution is -2.20. The van der Waals surface area contributed by atoms with E-state index in [-0.39, 0.29) is 10.8 Å². The number of hydrogen-bond acceptors (Lipinski definition) is 5. The van der Waals surface area contributed by atoms with Gasteiger partial charge in [-0.2, -0.15) is 0 Å². The minimum atomic E-state index is -1.91. The lowest BCUT2D eigenvalue weighted by Gasteiger charge is -2.07. The lowest BCUT2D eigenvalue weighted by molar-refractivity contribution is 0.288. The molecule has 2 N–H and O–H groups in total. The summed E-state index contributed by atoms with van der Waals surface area (Å²) in [7, 11) is -1.91. The van der Waals surface area contributed by atoms with Gasteiger partial charge in [0.05, 0.1) is 5.52 Å². The van der Waals surface area contributed by atoms with Gasteiger partial charge in [-0.1, -0.05) is 11.6 Å². The van der Waals surface area contributed by atoms with Gasteiger partial charge in [0.15, 0.2) is 0 Å². The first-order chi connectivity index (χ1) is 7.18. The third-order valence-corrected chi connectivity index (χ3v) is 2.14. The summed E-state index contributed by atoms with van der Waals surface area (Å²) in [4.78, 5) is 8.05. The zero-order valence-corrected chi connectivity index (χ0v) is 8.22. The van der Waals surface area contributed by atoms with Crippen LogP contribution in [0.5, 0.6) is 5.75 Å². The molecule has 1 aromatic heterocycles. The van der Waals surface area contributed by atoms with Crippen LogP contribution in [0.1, 0.15) is 0 Å². The third-order valence-electron chi connectivity index (χ3n) is 1.78. The Morgan fingerprint density at radius 3 is 2.67 bits per heavy atom. The van der Waals surface area contributed by atoms with Gasteiger partial charge in [0.2, 0.25) is 0 Å². The summed E-state index contributed by atoms with van der Waals surface area (Å²) in [6.07, 6.45) is 3.04. The first-order valence-electron chi connectivity index (χ1n) is 4.10. The van der Waals surface area contributed by atoms with Crippen LogP contribution in [0.25, 0.3) is 11.0 Å². The molecule has 0 radical (unpaired) electrons. The smallest absolute Gasteiger partial charge is 0.511 e. The Morgan fingerprint density at radius 1 is 1.20 bits per heavy atom. The Bertz CT molecular complexity index is 494. The number of aromatic nitrogens is 2. The number of fused-ring (bicyclic) bond motifs is 1. The second kappa shape index (κ2) is 4.02. The van der Waals surface area contributed by atoms with Crippen molar-refractivity contribution in [2.24, 2.45) is 0 Å². The molecule has 0 aliphatic heterocycles. The van der Waals surface area contributed by atoms with Gasteiger partial charge in [-0.25, -0.2) is 0 Å². The molecule has 0 spiro atoms. The Morgan fingerprint density at radius 2 is 1.93 bits per heavy atom. The van der Waals surface area contributed by atoms with E-state index >= 15 is 0 Å². The summed E-state index contributed by atoms with van der Waals surface area (Å²) in [5.41, 5.74) is 1.07. The zero-order chi connectivity index (χ0) is 10.8. The van der Waals surface area contributed by atoms with E-state index in [0.29, 0.717) is 11.0 Å². The minimum absolute atomic E-state index is 0.152. The molecule has 76 valence electrons. The van der Waals surface area contributed by atoms with E-state index in [1.54, 1.807) is 12.3 Å². The van der Waals surface area contributed by atoms with E-state index in [1.165, 1.54) is 12.3 Å². The largest absolute Gasteiger partial charge is 0.707 e. The summed E-state index contributed by atoms with van der Waals surface area (Å²) in [5.74, 6) is 0.152. The molecular formula is C8H6BClN2O3. The highest BCUT2D eigenvalue weighted by atomic mass is 35.5. The fourth-order valence-corrected chi connectivity index (χ4v) is 1.44. The third kappa shape index (κ3) is 2.01. The highest BCUT2D eigenvalue weighted by Gasteiger charge is 2.15. The molecule has 0 saturated carbocycles. The van der Waals surface area contributed by atoms with Crippen LogP contribution in [0.2, 0.25) is 5.02 Å². The van der Waals surface area contributed by atoms with Crippen LogP contribution in [-0.2, 0) is 0 Å². The zero-order valence-electron chi connectivity index (χ0n) is 7.46. The number of benzene rings is 1. The Balaban J connectivity index is 2.55. The van der Waals surface area contributed by atoms with Crippen LogP contribution in [0.4, 0.5) is 0 Å². The van der Waals surface area contributed by atoms with Gasteiger partial charge in [-0.15, -0.1) is 0 Å². The van der Waals surface area contributed by atoms with Crippen molar-refractivity contribution in [2.45, 2.75) is 0 Å². The SMILES string of the molecule is OB(O)Oc1ccc2nccnc2c1Cl. The number of rotatable bonds is 2. The molecule has 1 heterocycles. The molecule has 0 amide bonds. The Kier molecular flexibility index (Phi) is 2.72. The molecule has 0 atom stereocenters.